The minimum absolute atomic E-state index is 0.942. The average molecular weight is 227 g/mol. The van der Waals surface area contributed by atoms with E-state index in [0.717, 1.165) is 12.5 Å². The quantitative estimate of drug-likeness (QED) is 0.514. The molecule has 0 aliphatic carbocycles. The molecule has 0 spiro atoms. The molecule has 0 amide bonds. The van der Waals surface area contributed by atoms with Crippen LogP contribution in [0.4, 0.5) is 0 Å². The van der Waals surface area contributed by atoms with Gasteiger partial charge in [0.1, 0.15) is 0 Å². The van der Waals surface area contributed by atoms with Crippen molar-refractivity contribution in [1.29, 1.82) is 0 Å². The molecular weight excluding hydrogens is 194 g/mol. The zero-order valence-corrected chi connectivity index (χ0v) is 12.3. The van der Waals surface area contributed by atoms with Gasteiger partial charge in [0.05, 0.1) is 0 Å². The van der Waals surface area contributed by atoms with Crippen LogP contribution < -0.4 is 0 Å². The van der Waals surface area contributed by atoms with E-state index in [1.807, 2.05) is 19.9 Å². The SMILES string of the molecule is C=CCN(C)CCC(CCC)CCC.CC. The summed E-state index contributed by atoms with van der Waals surface area (Å²) in [4.78, 5) is 2.35. The number of hydrogen-bond donors (Lipinski definition) is 0. The topological polar surface area (TPSA) is 3.24 Å². The Morgan fingerprint density at radius 3 is 1.94 bits per heavy atom. The van der Waals surface area contributed by atoms with Crippen molar-refractivity contribution in [1.82, 2.24) is 4.90 Å². The van der Waals surface area contributed by atoms with Crippen LogP contribution in [0.3, 0.4) is 0 Å². The van der Waals surface area contributed by atoms with E-state index in [4.69, 9.17) is 0 Å². The molecule has 0 aliphatic heterocycles. The van der Waals surface area contributed by atoms with Gasteiger partial charge in [0.25, 0.3) is 0 Å². The molecule has 1 nitrogen and oxygen atoms in total. The molecule has 98 valence electrons. The highest BCUT2D eigenvalue weighted by Crippen LogP contribution is 2.17. The van der Waals surface area contributed by atoms with Crippen LogP contribution in [0.5, 0.6) is 0 Å². The smallest absolute Gasteiger partial charge is 0.0157 e. The Hall–Kier alpha value is -0.300. The largest absolute Gasteiger partial charge is 0.303 e. The molecule has 16 heavy (non-hydrogen) atoms. The molecule has 0 saturated heterocycles. The molecule has 0 bridgehead atoms. The van der Waals surface area contributed by atoms with Crippen LogP contribution >= 0.6 is 0 Å². The summed E-state index contributed by atoms with van der Waals surface area (Å²) in [6.45, 7) is 14.6. The highest BCUT2D eigenvalue weighted by atomic mass is 15.1. The standard InChI is InChI=1S/C13H27N.C2H6/c1-5-8-13(9-6-2)10-12-14(4)11-7-3;1-2/h7,13H,3,5-6,8-12H2,1-2,4H3;1-2H3. The molecule has 0 aromatic carbocycles. The average Bonchev–Trinajstić information content (AvgIpc) is 2.30. The fraction of sp³-hybridized carbons (Fsp3) is 0.867. The van der Waals surface area contributed by atoms with E-state index in [1.54, 1.807) is 0 Å². The summed E-state index contributed by atoms with van der Waals surface area (Å²) < 4.78 is 0. The fourth-order valence-corrected chi connectivity index (χ4v) is 1.96. The monoisotopic (exact) mass is 227 g/mol. The van der Waals surface area contributed by atoms with Gasteiger partial charge in [-0.1, -0.05) is 59.5 Å². The Morgan fingerprint density at radius 2 is 1.56 bits per heavy atom. The van der Waals surface area contributed by atoms with Crippen LogP contribution in [0.2, 0.25) is 0 Å². The lowest BCUT2D eigenvalue weighted by molar-refractivity contribution is 0.305. The van der Waals surface area contributed by atoms with E-state index in [2.05, 4.69) is 32.4 Å². The maximum absolute atomic E-state index is 3.76. The molecular formula is C15H33N. The summed E-state index contributed by atoms with van der Waals surface area (Å²) in [7, 11) is 2.18. The van der Waals surface area contributed by atoms with Gasteiger partial charge >= 0.3 is 0 Å². The van der Waals surface area contributed by atoms with Crippen molar-refractivity contribution < 1.29 is 0 Å². The molecule has 0 fully saturated rings. The second-order valence-corrected chi connectivity index (χ2v) is 4.28. The van der Waals surface area contributed by atoms with Gasteiger partial charge in [0, 0.05) is 6.54 Å². The van der Waals surface area contributed by atoms with Gasteiger partial charge in [-0.3, -0.25) is 0 Å². The number of hydrogen-bond acceptors (Lipinski definition) is 1. The molecule has 0 atom stereocenters. The predicted molar refractivity (Wildman–Crippen MR) is 77.0 cm³/mol. The molecule has 0 N–H and O–H groups in total. The lowest BCUT2D eigenvalue weighted by Gasteiger charge is -2.19. The Balaban J connectivity index is 0. The lowest BCUT2D eigenvalue weighted by Crippen LogP contribution is -2.21. The van der Waals surface area contributed by atoms with Crippen molar-refractivity contribution >= 4 is 0 Å². The minimum Gasteiger partial charge on any atom is -0.303 e. The third-order valence-corrected chi connectivity index (χ3v) is 2.75. The zero-order chi connectivity index (χ0) is 12.8. The van der Waals surface area contributed by atoms with Crippen molar-refractivity contribution in [2.45, 2.75) is 59.8 Å². The number of rotatable bonds is 9. The highest BCUT2D eigenvalue weighted by Gasteiger charge is 2.07. The van der Waals surface area contributed by atoms with E-state index in [9.17, 15) is 0 Å². The van der Waals surface area contributed by atoms with Crippen LogP contribution in [0.25, 0.3) is 0 Å². The van der Waals surface area contributed by atoms with Gasteiger partial charge in [-0.25, -0.2) is 0 Å². The second-order valence-electron chi connectivity index (χ2n) is 4.28. The van der Waals surface area contributed by atoms with Gasteiger partial charge in [0.2, 0.25) is 0 Å². The zero-order valence-electron chi connectivity index (χ0n) is 12.3. The van der Waals surface area contributed by atoms with Crippen LogP contribution in [-0.4, -0.2) is 25.0 Å². The summed E-state index contributed by atoms with van der Waals surface area (Å²) in [5.41, 5.74) is 0. The number of nitrogens with zero attached hydrogens (tertiary/aromatic N) is 1. The van der Waals surface area contributed by atoms with E-state index >= 15 is 0 Å². The van der Waals surface area contributed by atoms with Crippen molar-refractivity contribution in [3.8, 4) is 0 Å². The second kappa shape index (κ2) is 14.7. The van der Waals surface area contributed by atoms with E-state index in [0.29, 0.717) is 0 Å². The van der Waals surface area contributed by atoms with E-state index < -0.39 is 0 Å². The van der Waals surface area contributed by atoms with Gasteiger partial charge in [-0.05, 0) is 25.9 Å². The first-order chi connectivity index (χ1) is 7.74. The lowest BCUT2D eigenvalue weighted by atomic mass is 9.95. The van der Waals surface area contributed by atoms with Crippen LogP contribution in [0.15, 0.2) is 12.7 Å². The molecule has 0 heterocycles. The summed E-state index contributed by atoms with van der Waals surface area (Å²) in [5, 5.41) is 0. The predicted octanol–water partition coefficient (Wildman–Crippen LogP) is 4.74. The summed E-state index contributed by atoms with van der Waals surface area (Å²) in [6, 6.07) is 0. The molecule has 0 unspecified atom stereocenters. The van der Waals surface area contributed by atoms with Crippen LogP contribution in [0, 0.1) is 5.92 Å². The Morgan fingerprint density at radius 1 is 1.06 bits per heavy atom. The van der Waals surface area contributed by atoms with Gasteiger partial charge < -0.3 is 4.90 Å². The molecule has 0 aromatic heterocycles. The summed E-state index contributed by atoms with van der Waals surface area (Å²) in [5.74, 6) is 0.942. The first-order valence-electron chi connectivity index (χ1n) is 7.04. The highest BCUT2D eigenvalue weighted by molar-refractivity contribution is 4.71. The van der Waals surface area contributed by atoms with E-state index in [1.165, 1.54) is 38.6 Å². The molecule has 0 saturated carbocycles. The first-order valence-corrected chi connectivity index (χ1v) is 7.04. The maximum Gasteiger partial charge on any atom is 0.0157 e. The van der Waals surface area contributed by atoms with Crippen molar-refractivity contribution in [3.63, 3.8) is 0 Å². The van der Waals surface area contributed by atoms with Crippen molar-refractivity contribution in [3.05, 3.63) is 12.7 Å². The van der Waals surface area contributed by atoms with Crippen molar-refractivity contribution in [2.75, 3.05) is 20.1 Å². The normalized spacial score (nSPS) is 10.2. The minimum atomic E-state index is 0.942. The molecule has 1 heteroatoms. The Bertz CT molecular complexity index is 125. The van der Waals surface area contributed by atoms with Gasteiger partial charge in [-0.2, -0.15) is 0 Å². The summed E-state index contributed by atoms with van der Waals surface area (Å²) >= 11 is 0. The molecule has 0 aliphatic rings. The third kappa shape index (κ3) is 11.8. The molecule has 0 rings (SSSR count). The maximum atomic E-state index is 3.76. The molecule has 0 radical (unpaired) electrons. The van der Waals surface area contributed by atoms with Crippen molar-refractivity contribution in [2.24, 2.45) is 5.92 Å². The first kappa shape index (κ1) is 18.1. The van der Waals surface area contributed by atoms with Gasteiger partial charge in [-0.15, -0.1) is 6.58 Å². The molecule has 0 aromatic rings. The Labute approximate surface area is 104 Å². The van der Waals surface area contributed by atoms with E-state index in [-0.39, 0.29) is 0 Å². The van der Waals surface area contributed by atoms with Gasteiger partial charge in [0.15, 0.2) is 0 Å². The van der Waals surface area contributed by atoms with Crippen LogP contribution in [-0.2, 0) is 0 Å². The summed E-state index contributed by atoms with van der Waals surface area (Å²) in [6.07, 6.45) is 8.79. The third-order valence-electron chi connectivity index (χ3n) is 2.75. The van der Waals surface area contributed by atoms with Crippen LogP contribution in [0.1, 0.15) is 59.8 Å². The number of likely N-dealkylation sites (N-methyl/N-ethyl adjacent to an activating group) is 1. The fourth-order valence-electron chi connectivity index (χ4n) is 1.96. The Kier molecular flexibility index (Phi) is 16.6.